The number of nitrogens with zero attached hydrogens (tertiary/aromatic N) is 3. The molecule has 0 aliphatic heterocycles. The van der Waals surface area contributed by atoms with Gasteiger partial charge in [0.15, 0.2) is 0 Å². The lowest BCUT2D eigenvalue weighted by Crippen LogP contribution is -2.13. The summed E-state index contributed by atoms with van der Waals surface area (Å²) in [6.07, 6.45) is 3.01. The molecule has 0 unspecified atom stereocenters. The zero-order chi connectivity index (χ0) is 16.4. The second-order valence-corrected chi connectivity index (χ2v) is 7.44. The van der Waals surface area contributed by atoms with Gasteiger partial charge in [-0.3, -0.25) is 4.72 Å². The average Bonchev–Trinajstić information content (AvgIpc) is 3.04. The highest BCUT2D eigenvalue weighted by molar-refractivity contribution is 9.10. The number of rotatable bonds is 4. The summed E-state index contributed by atoms with van der Waals surface area (Å²) in [6.45, 7) is 1.84. The molecule has 0 saturated heterocycles. The van der Waals surface area contributed by atoms with Crippen LogP contribution in [0.1, 0.15) is 5.56 Å². The van der Waals surface area contributed by atoms with Crippen LogP contribution >= 0.6 is 15.9 Å². The van der Waals surface area contributed by atoms with E-state index in [0.29, 0.717) is 5.69 Å². The first-order valence-electron chi connectivity index (χ1n) is 6.70. The Kier molecular flexibility index (Phi) is 4.18. The Bertz CT molecular complexity index is 923. The number of benzene rings is 2. The van der Waals surface area contributed by atoms with Gasteiger partial charge in [0.1, 0.15) is 12.7 Å². The largest absolute Gasteiger partial charge is 0.280 e. The average molecular weight is 393 g/mol. The van der Waals surface area contributed by atoms with Crippen molar-refractivity contribution in [3.63, 3.8) is 0 Å². The van der Waals surface area contributed by atoms with Crippen LogP contribution in [0, 0.1) is 6.92 Å². The summed E-state index contributed by atoms with van der Waals surface area (Å²) in [6, 6.07) is 11.8. The van der Waals surface area contributed by atoms with Gasteiger partial charge in [0, 0.05) is 10.2 Å². The third-order valence-electron chi connectivity index (χ3n) is 3.24. The smallest absolute Gasteiger partial charge is 0.261 e. The molecule has 3 rings (SSSR count). The minimum absolute atomic E-state index is 0.221. The maximum Gasteiger partial charge on any atom is 0.261 e. The minimum Gasteiger partial charge on any atom is -0.280 e. The van der Waals surface area contributed by atoms with Gasteiger partial charge in [-0.25, -0.2) is 18.1 Å². The SMILES string of the molecule is Cc1cc(S(=O)(=O)Nc2ccc(-n3cncn3)cc2)ccc1Br. The van der Waals surface area contributed by atoms with Crippen molar-refractivity contribution in [2.75, 3.05) is 4.72 Å². The maximum atomic E-state index is 12.4. The fraction of sp³-hybridized carbons (Fsp3) is 0.0667. The van der Waals surface area contributed by atoms with Crippen LogP contribution in [0.25, 0.3) is 5.69 Å². The molecule has 3 aromatic rings. The molecule has 1 aromatic heterocycles. The van der Waals surface area contributed by atoms with Crippen LogP contribution in [-0.2, 0) is 10.0 Å². The fourth-order valence-corrected chi connectivity index (χ4v) is 3.41. The van der Waals surface area contributed by atoms with E-state index in [1.807, 2.05) is 6.92 Å². The van der Waals surface area contributed by atoms with E-state index in [4.69, 9.17) is 0 Å². The lowest BCUT2D eigenvalue weighted by molar-refractivity contribution is 0.601. The van der Waals surface area contributed by atoms with Crippen LogP contribution in [0.3, 0.4) is 0 Å². The van der Waals surface area contributed by atoms with Crippen LogP contribution in [-0.4, -0.2) is 23.2 Å². The molecule has 0 amide bonds. The van der Waals surface area contributed by atoms with E-state index in [0.717, 1.165) is 15.7 Å². The number of nitrogens with one attached hydrogen (secondary N) is 1. The molecule has 0 atom stereocenters. The first kappa shape index (κ1) is 15.7. The molecule has 118 valence electrons. The first-order chi connectivity index (χ1) is 11.0. The lowest BCUT2D eigenvalue weighted by atomic mass is 10.2. The quantitative estimate of drug-likeness (QED) is 0.739. The van der Waals surface area contributed by atoms with Gasteiger partial charge >= 0.3 is 0 Å². The molecule has 2 aromatic carbocycles. The van der Waals surface area contributed by atoms with Crippen LogP contribution in [0.5, 0.6) is 0 Å². The Morgan fingerprint density at radius 3 is 2.48 bits per heavy atom. The molecule has 0 radical (unpaired) electrons. The number of sulfonamides is 1. The van der Waals surface area contributed by atoms with Crippen molar-refractivity contribution in [1.82, 2.24) is 14.8 Å². The van der Waals surface area contributed by atoms with Crippen molar-refractivity contribution in [3.05, 3.63) is 65.2 Å². The zero-order valence-electron chi connectivity index (χ0n) is 12.1. The lowest BCUT2D eigenvalue weighted by Gasteiger charge is -2.10. The number of anilines is 1. The first-order valence-corrected chi connectivity index (χ1v) is 8.97. The molecule has 0 spiro atoms. The van der Waals surface area contributed by atoms with Crippen molar-refractivity contribution in [1.29, 1.82) is 0 Å². The molecule has 0 aliphatic carbocycles. The molecular weight excluding hydrogens is 380 g/mol. The monoisotopic (exact) mass is 392 g/mol. The van der Waals surface area contributed by atoms with Gasteiger partial charge in [0.05, 0.1) is 10.6 Å². The van der Waals surface area contributed by atoms with E-state index in [1.165, 1.54) is 6.33 Å². The summed E-state index contributed by atoms with van der Waals surface area (Å²) in [5.74, 6) is 0. The molecule has 6 nitrogen and oxygen atoms in total. The van der Waals surface area contributed by atoms with Gasteiger partial charge in [0.25, 0.3) is 10.0 Å². The van der Waals surface area contributed by atoms with Gasteiger partial charge in [-0.1, -0.05) is 15.9 Å². The van der Waals surface area contributed by atoms with Gasteiger partial charge < -0.3 is 0 Å². The van der Waals surface area contributed by atoms with E-state index in [-0.39, 0.29) is 4.90 Å². The molecule has 0 saturated carbocycles. The van der Waals surface area contributed by atoms with Crippen LogP contribution < -0.4 is 4.72 Å². The predicted molar refractivity (Wildman–Crippen MR) is 91.0 cm³/mol. The number of hydrogen-bond acceptors (Lipinski definition) is 4. The third kappa shape index (κ3) is 3.43. The normalized spacial score (nSPS) is 11.4. The Morgan fingerprint density at radius 2 is 1.87 bits per heavy atom. The maximum absolute atomic E-state index is 12.4. The number of aromatic nitrogens is 3. The number of halogens is 1. The van der Waals surface area contributed by atoms with E-state index in [2.05, 4.69) is 30.7 Å². The predicted octanol–water partition coefficient (Wildman–Crippen LogP) is 3.14. The van der Waals surface area contributed by atoms with Crippen molar-refractivity contribution >= 4 is 31.6 Å². The zero-order valence-corrected chi connectivity index (χ0v) is 14.5. The Labute approximate surface area is 142 Å². The van der Waals surface area contributed by atoms with E-state index < -0.39 is 10.0 Å². The molecule has 0 aliphatic rings. The number of hydrogen-bond donors (Lipinski definition) is 1. The minimum atomic E-state index is -3.62. The molecule has 8 heteroatoms. The summed E-state index contributed by atoms with van der Waals surface area (Å²) in [5, 5.41) is 4.02. The molecule has 0 fully saturated rings. The van der Waals surface area contributed by atoms with E-state index in [1.54, 1.807) is 53.5 Å². The van der Waals surface area contributed by atoms with Gasteiger partial charge in [0.2, 0.25) is 0 Å². The highest BCUT2D eigenvalue weighted by atomic mass is 79.9. The highest BCUT2D eigenvalue weighted by Gasteiger charge is 2.15. The topological polar surface area (TPSA) is 76.9 Å². The van der Waals surface area contributed by atoms with Crippen molar-refractivity contribution < 1.29 is 8.42 Å². The standard InChI is InChI=1S/C15H13BrN4O2S/c1-11-8-14(6-7-15(11)16)23(21,22)19-12-2-4-13(5-3-12)20-10-17-9-18-20/h2-10,19H,1H3. The molecule has 0 bridgehead atoms. The highest BCUT2D eigenvalue weighted by Crippen LogP contribution is 2.22. The van der Waals surface area contributed by atoms with Gasteiger partial charge in [-0.15, -0.1) is 0 Å². The third-order valence-corrected chi connectivity index (χ3v) is 5.51. The summed E-state index contributed by atoms with van der Waals surface area (Å²) >= 11 is 3.36. The van der Waals surface area contributed by atoms with Crippen molar-refractivity contribution in [3.8, 4) is 5.69 Å². The molecule has 1 N–H and O–H groups in total. The molecule has 23 heavy (non-hydrogen) atoms. The fourth-order valence-electron chi connectivity index (χ4n) is 2.02. The Balaban J connectivity index is 1.84. The van der Waals surface area contributed by atoms with Crippen LogP contribution in [0.4, 0.5) is 5.69 Å². The second-order valence-electron chi connectivity index (χ2n) is 4.90. The van der Waals surface area contributed by atoms with E-state index in [9.17, 15) is 8.42 Å². The Hall–Kier alpha value is -2.19. The summed E-state index contributed by atoms with van der Waals surface area (Å²) in [5.41, 5.74) is 2.13. The molecular formula is C15H13BrN4O2S. The number of aryl methyl sites for hydroxylation is 1. The van der Waals surface area contributed by atoms with Crippen molar-refractivity contribution in [2.24, 2.45) is 0 Å². The van der Waals surface area contributed by atoms with Crippen LogP contribution in [0.15, 0.2) is 64.5 Å². The second kappa shape index (κ2) is 6.13. The molecule has 1 heterocycles. The Morgan fingerprint density at radius 1 is 1.13 bits per heavy atom. The summed E-state index contributed by atoms with van der Waals surface area (Å²) < 4.78 is 29.9. The van der Waals surface area contributed by atoms with E-state index >= 15 is 0 Å². The van der Waals surface area contributed by atoms with Gasteiger partial charge in [-0.2, -0.15) is 5.10 Å². The summed E-state index contributed by atoms with van der Waals surface area (Å²) in [7, 11) is -3.62. The van der Waals surface area contributed by atoms with Gasteiger partial charge in [-0.05, 0) is 55.0 Å². The van der Waals surface area contributed by atoms with Crippen LogP contribution in [0.2, 0.25) is 0 Å². The van der Waals surface area contributed by atoms with Crippen molar-refractivity contribution in [2.45, 2.75) is 11.8 Å². The summed E-state index contributed by atoms with van der Waals surface area (Å²) in [4.78, 5) is 4.09.